The number of carbonyl (C=O) groups excluding carboxylic acids is 1. The summed E-state index contributed by atoms with van der Waals surface area (Å²) < 4.78 is 5.09. The molecule has 7 heteroatoms. The Morgan fingerprint density at radius 1 is 1.71 bits per heavy atom. The molecule has 0 spiro atoms. The van der Waals surface area contributed by atoms with Crippen LogP contribution in [0.2, 0.25) is 0 Å². The highest BCUT2D eigenvalue weighted by Gasteiger charge is 2.26. The van der Waals surface area contributed by atoms with Crippen molar-refractivity contribution < 1.29 is 19.4 Å². The number of ether oxygens (including phenoxy) is 1. The lowest BCUT2D eigenvalue weighted by atomic mass is 10.2. The van der Waals surface area contributed by atoms with Crippen LogP contribution in [0.15, 0.2) is 0 Å². The van der Waals surface area contributed by atoms with Crippen LogP contribution in [-0.2, 0) is 9.53 Å². The molecule has 94 valence electrons. The predicted molar refractivity (Wildman–Crippen MR) is 57.2 cm³/mol. The normalized spacial score (nSPS) is 21.4. The van der Waals surface area contributed by atoms with Crippen LogP contribution in [0.3, 0.4) is 0 Å². The maximum Gasteiger partial charge on any atom is 0.326 e. The molecular weight excluding hydrogens is 226 g/mol. The number of carboxylic acid groups (broad SMARTS) is 1. The van der Waals surface area contributed by atoms with Crippen LogP contribution >= 0.6 is 0 Å². The number of nitrogens with one attached hydrogen (secondary N) is 1. The predicted octanol–water partition coefficient (Wildman–Crippen LogP) is -0.216. The van der Waals surface area contributed by atoms with Crippen LogP contribution in [0.1, 0.15) is 13.3 Å². The van der Waals surface area contributed by atoms with Crippen LogP contribution in [0.5, 0.6) is 0 Å². The fourth-order valence-electron chi connectivity index (χ4n) is 1.49. The second kappa shape index (κ2) is 6.06. The molecule has 7 nitrogen and oxygen atoms in total. The molecule has 0 saturated carbocycles. The number of hydrogen-bond acceptors (Lipinski definition) is 4. The number of carbonyl (C=O) groups is 2. The second-order valence-electron chi connectivity index (χ2n) is 3.68. The highest BCUT2D eigenvalue weighted by molar-refractivity contribution is 5.82. The minimum absolute atomic E-state index is 0.165. The van der Waals surface area contributed by atoms with Crippen molar-refractivity contribution in [3.05, 3.63) is 0 Å². The Morgan fingerprint density at radius 3 is 2.94 bits per heavy atom. The van der Waals surface area contributed by atoms with Gasteiger partial charge in [-0.05, 0) is 6.42 Å². The molecule has 2 N–H and O–H groups in total. The standard InChI is InChI=1S/C10H15N3O4/c1-2-8(9(14)15)12-10(16)13-3-4-17-7(5-11)6-13/h7-8H,2-4,6H2,1H3,(H,12,16)(H,14,15)/t7?,8-/m0/s1. The summed E-state index contributed by atoms with van der Waals surface area (Å²) in [6.07, 6.45) is -0.327. The summed E-state index contributed by atoms with van der Waals surface area (Å²) >= 11 is 0. The van der Waals surface area contributed by atoms with Gasteiger partial charge >= 0.3 is 12.0 Å². The number of nitriles is 1. The van der Waals surface area contributed by atoms with Gasteiger partial charge in [-0.2, -0.15) is 5.26 Å². The number of carboxylic acids is 1. The summed E-state index contributed by atoms with van der Waals surface area (Å²) in [4.78, 5) is 23.9. The second-order valence-corrected chi connectivity index (χ2v) is 3.68. The van der Waals surface area contributed by atoms with Crippen LogP contribution in [0.25, 0.3) is 0 Å². The van der Waals surface area contributed by atoms with Crippen molar-refractivity contribution in [3.8, 4) is 6.07 Å². The van der Waals surface area contributed by atoms with Gasteiger partial charge < -0.3 is 20.1 Å². The number of rotatable bonds is 3. The van der Waals surface area contributed by atoms with E-state index in [1.807, 2.05) is 6.07 Å². The van der Waals surface area contributed by atoms with Gasteiger partial charge in [0.25, 0.3) is 0 Å². The fourth-order valence-corrected chi connectivity index (χ4v) is 1.49. The molecule has 1 fully saturated rings. The van der Waals surface area contributed by atoms with E-state index in [-0.39, 0.29) is 13.2 Å². The first-order chi connectivity index (χ1) is 8.08. The van der Waals surface area contributed by atoms with Crippen LogP contribution in [0.4, 0.5) is 4.79 Å². The molecule has 1 aliphatic heterocycles. The van der Waals surface area contributed by atoms with E-state index < -0.39 is 24.1 Å². The minimum atomic E-state index is -1.06. The quantitative estimate of drug-likeness (QED) is 0.711. The van der Waals surface area contributed by atoms with Crippen molar-refractivity contribution in [1.29, 1.82) is 5.26 Å². The number of nitrogens with zero attached hydrogens (tertiary/aromatic N) is 2. The Labute approximate surface area is 99.0 Å². The Kier molecular flexibility index (Phi) is 4.72. The van der Waals surface area contributed by atoms with E-state index in [1.165, 1.54) is 4.90 Å². The summed E-state index contributed by atoms with van der Waals surface area (Å²) in [5, 5.41) is 19.9. The Hall–Kier alpha value is -1.81. The van der Waals surface area contributed by atoms with Crippen LogP contribution < -0.4 is 5.32 Å². The SMILES string of the molecule is CC[C@H](NC(=O)N1CCOC(C#N)C1)C(=O)O. The zero-order valence-corrected chi connectivity index (χ0v) is 9.55. The molecular formula is C10H15N3O4. The molecule has 0 aromatic rings. The zero-order valence-electron chi connectivity index (χ0n) is 9.55. The summed E-state index contributed by atoms with van der Waals surface area (Å²) in [6.45, 7) is 2.49. The first kappa shape index (κ1) is 13.3. The van der Waals surface area contributed by atoms with Crippen molar-refractivity contribution >= 4 is 12.0 Å². The van der Waals surface area contributed by atoms with Gasteiger partial charge in [-0.3, -0.25) is 0 Å². The van der Waals surface area contributed by atoms with Gasteiger partial charge in [0.05, 0.1) is 19.2 Å². The molecule has 0 aliphatic carbocycles. The van der Waals surface area contributed by atoms with Gasteiger partial charge in [-0.25, -0.2) is 9.59 Å². The highest BCUT2D eigenvalue weighted by atomic mass is 16.5. The topological polar surface area (TPSA) is 103 Å². The highest BCUT2D eigenvalue weighted by Crippen LogP contribution is 2.05. The molecule has 17 heavy (non-hydrogen) atoms. The molecule has 0 aromatic carbocycles. The Bertz CT molecular complexity index is 339. The van der Waals surface area contributed by atoms with E-state index in [9.17, 15) is 9.59 Å². The van der Waals surface area contributed by atoms with Crippen LogP contribution in [0, 0.1) is 11.3 Å². The number of urea groups is 1. The van der Waals surface area contributed by atoms with Crippen molar-refractivity contribution in [3.63, 3.8) is 0 Å². The lowest BCUT2D eigenvalue weighted by molar-refractivity contribution is -0.139. The van der Waals surface area contributed by atoms with Crippen molar-refractivity contribution in [2.75, 3.05) is 19.7 Å². The van der Waals surface area contributed by atoms with E-state index in [0.29, 0.717) is 13.0 Å². The summed E-state index contributed by atoms with van der Waals surface area (Å²) in [6, 6.07) is 0.552. The smallest absolute Gasteiger partial charge is 0.326 e. The molecule has 0 aromatic heterocycles. The average molecular weight is 241 g/mol. The fraction of sp³-hybridized carbons (Fsp3) is 0.700. The molecule has 2 amide bonds. The monoisotopic (exact) mass is 241 g/mol. The van der Waals surface area contributed by atoms with E-state index in [1.54, 1.807) is 6.92 Å². The zero-order chi connectivity index (χ0) is 12.8. The van der Waals surface area contributed by atoms with Gasteiger partial charge in [0.2, 0.25) is 0 Å². The van der Waals surface area contributed by atoms with Crippen molar-refractivity contribution in [1.82, 2.24) is 10.2 Å². The minimum Gasteiger partial charge on any atom is -0.480 e. The van der Waals surface area contributed by atoms with E-state index in [4.69, 9.17) is 15.1 Å². The number of amides is 2. The molecule has 1 saturated heterocycles. The molecule has 1 unspecified atom stereocenters. The van der Waals surface area contributed by atoms with Gasteiger partial charge in [0.15, 0.2) is 6.10 Å². The molecule has 1 rings (SSSR count). The van der Waals surface area contributed by atoms with E-state index in [0.717, 1.165) is 0 Å². The molecule has 1 heterocycles. The third-order valence-corrected chi connectivity index (χ3v) is 2.50. The number of hydrogen-bond donors (Lipinski definition) is 2. The summed E-state index contributed by atoms with van der Waals surface area (Å²) in [5.41, 5.74) is 0. The maximum absolute atomic E-state index is 11.7. The van der Waals surface area contributed by atoms with Crippen molar-refractivity contribution in [2.45, 2.75) is 25.5 Å². The first-order valence-electron chi connectivity index (χ1n) is 5.38. The summed E-state index contributed by atoms with van der Waals surface area (Å²) in [5.74, 6) is -1.06. The molecule has 0 bridgehead atoms. The van der Waals surface area contributed by atoms with Gasteiger partial charge in [-0.15, -0.1) is 0 Å². The van der Waals surface area contributed by atoms with Crippen LogP contribution in [-0.4, -0.2) is 53.8 Å². The lowest BCUT2D eigenvalue weighted by Gasteiger charge is -2.30. The first-order valence-corrected chi connectivity index (χ1v) is 5.38. The molecule has 0 radical (unpaired) electrons. The van der Waals surface area contributed by atoms with Gasteiger partial charge in [0.1, 0.15) is 6.04 Å². The van der Waals surface area contributed by atoms with E-state index >= 15 is 0 Å². The lowest BCUT2D eigenvalue weighted by Crippen LogP contribution is -2.53. The van der Waals surface area contributed by atoms with Gasteiger partial charge in [-0.1, -0.05) is 6.92 Å². The molecule has 2 atom stereocenters. The number of morpholine rings is 1. The summed E-state index contributed by atoms with van der Waals surface area (Å²) in [7, 11) is 0. The number of aliphatic carboxylic acids is 1. The van der Waals surface area contributed by atoms with Gasteiger partial charge in [0, 0.05) is 6.54 Å². The maximum atomic E-state index is 11.7. The third kappa shape index (κ3) is 3.60. The largest absolute Gasteiger partial charge is 0.480 e. The Balaban J connectivity index is 2.52. The third-order valence-electron chi connectivity index (χ3n) is 2.50. The Morgan fingerprint density at radius 2 is 2.41 bits per heavy atom. The van der Waals surface area contributed by atoms with E-state index in [2.05, 4.69) is 5.32 Å². The molecule has 1 aliphatic rings. The van der Waals surface area contributed by atoms with Crippen molar-refractivity contribution in [2.24, 2.45) is 0 Å². The average Bonchev–Trinajstić information content (AvgIpc) is 2.35.